The predicted molar refractivity (Wildman–Crippen MR) is 138 cm³/mol. The second-order valence-corrected chi connectivity index (χ2v) is 10.0. The molecule has 0 atom stereocenters. The van der Waals surface area contributed by atoms with Crippen molar-refractivity contribution in [3.8, 4) is 17.3 Å². The Bertz CT molecular complexity index is 1280. The number of nitrogens with one attached hydrogen (secondary N) is 2. The maximum Gasteiger partial charge on any atom is 0.159 e. The van der Waals surface area contributed by atoms with Crippen LogP contribution in [0.15, 0.2) is 36.4 Å². The summed E-state index contributed by atoms with van der Waals surface area (Å²) >= 11 is 0. The van der Waals surface area contributed by atoms with E-state index in [9.17, 15) is 0 Å². The number of piperidine rings is 2. The fraction of sp³-hybridized carbons (Fsp3) is 0.481. The van der Waals surface area contributed by atoms with Gasteiger partial charge >= 0.3 is 0 Å². The van der Waals surface area contributed by atoms with Gasteiger partial charge in [-0.15, -0.1) is 0 Å². The van der Waals surface area contributed by atoms with E-state index < -0.39 is 0 Å². The summed E-state index contributed by atoms with van der Waals surface area (Å²) in [6.07, 6.45) is 6.74. The van der Waals surface area contributed by atoms with Gasteiger partial charge in [0.15, 0.2) is 5.82 Å². The quantitative estimate of drug-likeness (QED) is 0.422. The van der Waals surface area contributed by atoms with Crippen molar-refractivity contribution in [2.45, 2.75) is 58.1 Å². The lowest BCUT2D eigenvalue weighted by Crippen LogP contribution is -2.46. The number of aromatic nitrogens is 4. The smallest absolute Gasteiger partial charge is 0.159 e. The first-order chi connectivity index (χ1) is 16.7. The van der Waals surface area contributed by atoms with Gasteiger partial charge in [-0.3, -0.25) is 5.10 Å². The molecule has 0 bridgehead atoms. The molecule has 0 radical (unpaired) electrons. The van der Waals surface area contributed by atoms with Gasteiger partial charge in [-0.2, -0.15) is 5.10 Å². The van der Waals surface area contributed by atoms with Crippen LogP contribution in [0.1, 0.15) is 46.0 Å². The van der Waals surface area contributed by atoms with E-state index in [0.717, 1.165) is 58.3 Å². The molecule has 0 aliphatic carbocycles. The molecule has 2 fully saturated rings. The zero-order valence-electron chi connectivity index (χ0n) is 20.2. The van der Waals surface area contributed by atoms with Gasteiger partial charge in [0.2, 0.25) is 0 Å². The Morgan fingerprint density at radius 2 is 1.79 bits per heavy atom. The van der Waals surface area contributed by atoms with E-state index in [1.165, 1.54) is 50.9 Å². The van der Waals surface area contributed by atoms with E-state index in [4.69, 9.17) is 9.72 Å². The number of benzene rings is 2. The Morgan fingerprint density at radius 1 is 0.971 bits per heavy atom. The Kier molecular flexibility index (Phi) is 5.65. The number of H-pyrrole nitrogens is 2. The molecule has 2 aliphatic heterocycles. The third-order valence-electron chi connectivity index (χ3n) is 7.34. The summed E-state index contributed by atoms with van der Waals surface area (Å²) in [6, 6.07) is 13.3. The van der Waals surface area contributed by atoms with Crippen molar-refractivity contribution in [2.24, 2.45) is 0 Å². The Hall–Kier alpha value is -3.06. The minimum atomic E-state index is 0.0886. The zero-order valence-corrected chi connectivity index (χ0v) is 20.2. The summed E-state index contributed by atoms with van der Waals surface area (Å²) < 4.78 is 6.06. The molecule has 2 aliphatic rings. The van der Waals surface area contributed by atoms with Crippen molar-refractivity contribution < 1.29 is 4.74 Å². The van der Waals surface area contributed by atoms with Gasteiger partial charge < -0.3 is 19.5 Å². The first-order valence-electron chi connectivity index (χ1n) is 12.8. The molecule has 4 aromatic rings. The molecule has 2 aromatic carbocycles. The van der Waals surface area contributed by atoms with Crippen molar-refractivity contribution >= 4 is 27.6 Å². The molecule has 0 unspecified atom stereocenters. The SMILES string of the molecule is CC(C)Oc1cccc2[nH]nc(-c3nc4ccc(N5CCC(N6CCCCC6)CC5)cc4[nH]3)c12. The molecule has 178 valence electrons. The van der Waals surface area contributed by atoms with Crippen LogP contribution in [0.3, 0.4) is 0 Å². The van der Waals surface area contributed by atoms with E-state index in [-0.39, 0.29) is 6.10 Å². The standard InChI is InChI=1S/C27H34N6O/c1-18(2)34-24-8-6-7-22-25(24)26(31-30-22)27-28-21-10-9-20(17-23(21)29-27)33-15-11-19(12-16-33)32-13-4-3-5-14-32/h6-10,17-19H,3-5,11-16H2,1-2H3,(H,28,29)(H,30,31). The number of ether oxygens (including phenoxy) is 1. The van der Waals surface area contributed by atoms with Gasteiger partial charge in [0.05, 0.1) is 28.0 Å². The van der Waals surface area contributed by atoms with Gasteiger partial charge in [-0.25, -0.2) is 4.98 Å². The summed E-state index contributed by atoms with van der Waals surface area (Å²) in [4.78, 5) is 13.7. The third kappa shape index (κ3) is 4.02. The molecule has 2 saturated heterocycles. The number of nitrogens with zero attached hydrogens (tertiary/aromatic N) is 4. The van der Waals surface area contributed by atoms with Crippen molar-refractivity contribution in [1.82, 2.24) is 25.1 Å². The highest BCUT2D eigenvalue weighted by atomic mass is 16.5. The van der Waals surface area contributed by atoms with Gasteiger partial charge in [0.25, 0.3) is 0 Å². The normalized spacial score (nSPS) is 18.4. The monoisotopic (exact) mass is 458 g/mol. The Morgan fingerprint density at radius 3 is 2.59 bits per heavy atom. The Labute approximate surface area is 200 Å². The molecule has 6 rings (SSSR count). The van der Waals surface area contributed by atoms with Crippen LogP contribution in [0.5, 0.6) is 5.75 Å². The van der Waals surface area contributed by atoms with E-state index in [0.29, 0.717) is 0 Å². The maximum atomic E-state index is 6.06. The van der Waals surface area contributed by atoms with E-state index >= 15 is 0 Å². The largest absolute Gasteiger partial charge is 0.490 e. The molecule has 4 heterocycles. The highest BCUT2D eigenvalue weighted by Crippen LogP contribution is 2.34. The van der Waals surface area contributed by atoms with Crippen LogP contribution in [0.25, 0.3) is 33.5 Å². The minimum absolute atomic E-state index is 0.0886. The molecule has 0 spiro atoms. The van der Waals surface area contributed by atoms with Crippen LogP contribution in [0.2, 0.25) is 0 Å². The van der Waals surface area contributed by atoms with Gasteiger partial charge in [-0.05, 0) is 83.0 Å². The first-order valence-corrected chi connectivity index (χ1v) is 12.8. The van der Waals surface area contributed by atoms with Crippen molar-refractivity contribution in [3.05, 3.63) is 36.4 Å². The molecule has 0 amide bonds. The number of imidazole rings is 1. The van der Waals surface area contributed by atoms with Gasteiger partial charge in [0.1, 0.15) is 11.4 Å². The van der Waals surface area contributed by atoms with Crippen LogP contribution in [0.4, 0.5) is 5.69 Å². The van der Waals surface area contributed by atoms with Crippen LogP contribution in [0, 0.1) is 0 Å². The fourth-order valence-electron chi connectivity index (χ4n) is 5.64. The minimum Gasteiger partial charge on any atom is -0.490 e. The molecule has 0 saturated carbocycles. The second kappa shape index (κ2) is 8.95. The predicted octanol–water partition coefficient (Wildman–Crippen LogP) is 5.35. The van der Waals surface area contributed by atoms with Crippen LogP contribution >= 0.6 is 0 Å². The van der Waals surface area contributed by atoms with Gasteiger partial charge in [-0.1, -0.05) is 12.5 Å². The topological polar surface area (TPSA) is 73.1 Å². The average Bonchev–Trinajstić information content (AvgIpc) is 3.48. The van der Waals surface area contributed by atoms with Gasteiger partial charge in [0, 0.05) is 24.8 Å². The number of rotatable bonds is 5. The lowest BCUT2D eigenvalue weighted by molar-refractivity contribution is 0.141. The van der Waals surface area contributed by atoms with E-state index in [2.05, 4.69) is 43.2 Å². The highest BCUT2D eigenvalue weighted by Gasteiger charge is 2.26. The molecular weight excluding hydrogens is 424 g/mol. The van der Waals surface area contributed by atoms with E-state index in [1.54, 1.807) is 0 Å². The third-order valence-corrected chi connectivity index (χ3v) is 7.34. The number of anilines is 1. The zero-order chi connectivity index (χ0) is 23.1. The first kappa shape index (κ1) is 21.5. The van der Waals surface area contributed by atoms with Crippen LogP contribution in [-0.4, -0.2) is 63.4 Å². The summed E-state index contributed by atoms with van der Waals surface area (Å²) in [7, 11) is 0. The lowest BCUT2D eigenvalue weighted by Gasteiger charge is -2.41. The van der Waals surface area contributed by atoms with Crippen molar-refractivity contribution in [2.75, 3.05) is 31.1 Å². The van der Waals surface area contributed by atoms with Crippen LogP contribution in [-0.2, 0) is 0 Å². The maximum absolute atomic E-state index is 6.06. The lowest BCUT2D eigenvalue weighted by atomic mass is 9.99. The summed E-state index contributed by atoms with van der Waals surface area (Å²) in [5.74, 6) is 1.59. The number of hydrogen-bond donors (Lipinski definition) is 2. The average molecular weight is 459 g/mol. The second-order valence-electron chi connectivity index (χ2n) is 10.0. The summed E-state index contributed by atoms with van der Waals surface area (Å²) in [5, 5.41) is 8.68. The van der Waals surface area contributed by atoms with Crippen molar-refractivity contribution in [3.63, 3.8) is 0 Å². The van der Waals surface area contributed by atoms with E-state index in [1.807, 2.05) is 32.0 Å². The Balaban J connectivity index is 1.25. The van der Waals surface area contributed by atoms with Crippen molar-refractivity contribution in [1.29, 1.82) is 0 Å². The van der Waals surface area contributed by atoms with Crippen LogP contribution < -0.4 is 9.64 Å². The number of hydrogen-bond acceptors (Lipinski definition) is 5. The molecule has 2 N–H and O–H groups in total. The molecular formula is C27H34N6O. The fourth-order valence-corrected chi connectivity index (χ4v) is 5.64. The highest BCUT2D eigenvalue weighted by molar-refractivity contribution is 5.97. The molecule has 34 heavy (non-hydrogen) atoms. The molecule has 2 aromatic heterocycles. The summed E-state index contributed by atoms with van der Waals surface area (Å²) in [5.41, 5.74) is 5.03. The number of aromatic amines is 2. The summed E-state index contributed by atoms with van der Waals surface area (Å²) in [6.45, 7) is 8.90. The molecule has 7 heteroatoms. The number of fused-ring (bicyclic) bond motifs is 2. The molecule has 7 nitrogen and oxygen atoms in total. The number of likely N-dealkylation sites (tertiary alicyclic amines) is 1.